The van der Waals surface area contributed by atoms with Gasteiger partial charge in [0.15, 0.2) is 5.82 Å². The highest BCUT2D eigenvalue weighted by molar-refractivity contribution is 5.43. The molecule has 0 amide bonds. The van der Waals surface area contributed by atoms with Crippen LogP contribution in [0, 0.1) is 35.5 Å². The van der Waals surface area contributed by atoms with Gasteiger partial charge >= 0.3 is 0 Å². The first-order valence-electron chi connectivity index (χ1n) is 9.70. The van der Waals surface area contributed by atoms with E-state index in [2.05, 4.69) is 35.9 Å². The maximum absolute atomic E-state index is 13.5. The van der Waals surface area contributed by atoms with Crippen LogP contribution < -0.4 is 0 Å². The molecule has 1 aliphatic rings. The molecule has 3 rings (SSSR count). The van der Waals surface area contributed by atoms with Gasteiger partial charge in [-0.25, -0.2) is 4.39 Å². The van der Waals surface area contributed by atoms with Crippen molar-refractivity contribution in [1.82, 2.24) is 4.98 Å². The summed E-state index contributed by atoms with van der Waals surface area (Å²) in [6.07, 6.45) is 9.01. The molecule has 0 aliphatic heterocycles. The van der Waals surface area contributed by atoms with E-state index in [0.29, 0.717) is 11.5 Å². The first kappa shape index (κ1) is 19.5. The lowest BCUT2D eigenvalue weighted by Crippen LogP contribution is -2.13. The van der Waals surface area contributed by atoms with Gasteiger partial charge in [-0.15, -0.1) is 0 Å². The Morgan fingerprint density at radius 1 is 0.963 bits per heavy atom. The second kappa shape index (κ2) is 9.08. The Balaban J connectivity index is 1.63. The minimum atomic E-state index is -1.45. The lowest BCUT2D eigenvalue weighted by atomic mass is 9.77. The van der Waals surface area contributed by atoms with Crippen LogP contribution in [0.3, 0.4) is 0 Å². The number of rotatable bonds is 4. The Morgan fingerprint density at radius 2 is 1.67 bits per heavy atom. The summed E-state index contributed by atoms with van der Waals surface area (Å²) in [7, 11) is 0. The highest BCUT2D eigenvalue weighted by Gasteiger charge is 2.21. The predicted octanol–water partition coefficient (Wildman–Crippen LogP) is 6.36. The van der Waals surface area contributed by atoms with Gasteiger partial charge in [0.25, 0.3) is 5.95 Å². The molecule has 1 aliphatic carbocycles. The van der Waals surface area contributed by atoms with E-state index in [9.17, 15) is 13.2 Å². The zero-order valence-corrected chi connectivity index (χ0v) is 15.6. The quantitative estimate of drug-likeness (QED) is 0.450. The third-order valence-electron chi connectivity index (χ3n) is 5.42. The first-order chi connectivity index (χ1) is 13.1. The highest BCUT2D eigenvalue weighted by atomic mass is 19.2. The number of aromatic nitrogens is 1. The molecule has 0 atom stereocenters. The van der Waals surface area contributed by atoms with Crippen LogP contribution in [0.25, 0.3) is 0 Å². The monoisotopic (exact) mass is 371 g/mol. The SMILES string of the molecule is CCCCC1CCC(c2ccc(C#Cc3cc(F)c(F)nc3F)cc2)CC1. The summed E-state index contributed by atoms with van der Waals surface area (Å²) in [4.78, 5) is 2.87. The number of benzene rings is 1. The average molecular weight is 371 g/mol. The van der Waals surface area contributed by atoms with Crippen molar-refractivity contribution in [2.24, 2.45) is 5.92 Å². The van der Waals surface area contributed by atoms with E-state index in [1.54, 1.807) is 0 Å². The molecule has 27 heavy (non-hydrogen) atoms. The lowest BCUT2D eigenvalue weighted by Gasteiger charge is -2.28. The van der Waals surface area contributed by atoms with Crippen molar-refractivity contribution >= 4 is 0 Å². The zero-order valence-electron chi connectivity index (χ0n) is 15.6. The minimum absolute atomic E-state index is 0.247. The molecule has 142 valence electrons. The van der Waals surface area contributed by atoms with Gasteiger partial charge in [0.2, 0.25) is 5.95 Å². The fourth-order valence-corrected chi connectivity index (χ4v) is 3.79. The number of hydrogen-bond acceptors (Lipinski definition) is 1. The summed E-state index contributed by atoms with van der Waals surface area (Å²) in [5, 5.41) is 0. The van der Waals surface area contributed by atoms with Gasteiger partial charge in [-0.2, -0.15) is 13.8 Å². The van der Waals surface area contributed by atoms with Crippen LogP contribution in [0.2, 0.25) is 0 Å². The maximum atomic E-state index is 13.5. The first-order valence-corrected chi connectivity index (χ1v) is 9.70. The molecular formula is C23H24F3N. The lowest BCUT2D eigenvalue weighted by molar-refractivity contribution is 0.304. The second-order valence-corrected chi connectivity index (χ2v) is 7.33. The third-order valence-corrected chi connectivity index (χ3v) is 5.42. The van der Waals surface area contributed by atoms with E-state index in [4.69, 9.17) is 0 Å². The molecular weight excluding hydrogens is 347 g/mol. The van der Waals surface area contributed by atoms with Gasteiger partial charge in [-0.05, 0) is 61.3 Å². The Morgan fingerprint density at radius 3 is 2.33 bits per heavy atom. The standard InChI is InChI=1S/C23H24F3N/c1-2-3-4-16-5-10-18(11-6-16)19-12-7-17(8-13-19)9-14-20-15-21(24)23(26)27-22(20)25/h7-8,12-13,15-16,18H,2-6,10-11H2,1H3. The minimum Gasteiger partial charge on any atom is -0.202 e. The Labute approximate surface area is 159 Å². The van der Waals surface area contributed by atoms with Gasteiger partial charge < -0.3 is 0 Å². The van der Waals surface area contributed by atoms with Crippen molar-refractivity contribution in [3.63, 3.8) is 0 Å². The molecule has 4 heteroatoms. The summed E-state index contributed by atoms with van der Waals surface area (Å²) in [6.45, 7) is 2.24. The summed E-state index contributed by atoms with van der Waals surface area (Å²) in [6, 6.07) is 8.67. The second-order valence-electron chi connectivity index (χ2n) is 7.33. The van der Waals surface area contributed by atoms with Crippen molar-refractivity contribution in [1.29, 1.82) is 0 Å². The van der Waals surface area contributed by atoms with Gasteiger partial charge in [-0.3, -0.25) is 0 Å². The smallest absolute Gasteiger partial charge is 0.202 e. The Kier molecular flexibility index (Phi) is 6.55. The van der Waals surface area contributed by atoms with Crippen LogP contribution in [0.5, 0.6) is 0 Å². The number of unbranched alkanes of at least 4 members (excludes halogenated alkanes) is 1. The van der Waals surface area contributed by atoms with Crippen LogP contribution in [-0.2, 0) is 0 Å². The van der Waals surface area contributed by atoms with Crippen LogP contribution in [0.4, 0.5) is 13.2 Å². The number of hydrogen-bond donors (Lipinski definition) is 0. The zero-order chi connectivity index (χ0) is 19.2. The molecule has 1 heterocycles. The van der Waals surface area contributed by atoms with E-state index in [1.807, 2.05) is 12.1 Å². The van der Waals surface area contributed by atoms with E-state index in [-0.39, 0.29) is 5.56 Å². The number of nitrogens with zero attached hydrogens (tertiary/aromatic N) is 1. The van der Waals surface area contributed by atoms with Crippen LogP contribution in [-0.4, -0.2) is 4.98 Å². The van der Waals surface area contributed by atoms with Crippen LogP contribution >= 0.6 is 0 Å². The fraction of sp³-hybridized carbons (Fsp3) is 0.435. The van der Waals surface area contributed by atoms with E-state index >= 15 is 0 Å². The molecule has 2 aromatic rings. The predicted molar refractivity (Wildman–Crippen MR) is 101 cm³/mol. The largest absolute Gasteiger partial charge is 0.251 e. The topological polar surface area (TPSA) is 12.9 Å². The molecule has 1 nitrogen and oxygen atoms in total. The van der Waals surface area contributed by atoms with Crippen molar-refractivity contribution in [2.75, 3.05) is 0 Å². The van der Waals surface area contributed by atoms with E-state index < -0.39 is 17.7 Å². The molecule has 1 fully saturated rings. The molecule has 1 saturated carbocycles. The normalized spacial score (nSPS) is 19.4. The molecule has 1 aromatic carbocycles. The fourth-order valence-electron chi connectivity index (χ4n) is 3.79. The van der Waals surface area contributed by atoms with Gasteiger partial charge in [0, 0.05) is 5.56 Å². The van der Waals surface area contributed by atoms with Gasteiger partial charge in [0.05, 0.1) is 5.56 Å². The highest BCUT2D eigenvalue weighted by Crippen LogP contribution is 2.37. The third kappa shape index (κ3) is 5.13. The van der Waals surface area contributed by atoms with Gasteiger partial charge in [-0.1, -0.05) is 50.2 Å². The summed E-state index contributed by atoms with van der Waals surface area (Å²) in [5.41, 5.74) is 1.78. The molecule has 0 saturated heterocycles. The average Bonchev–Trinajstić information content (AvgIpc) is 2.69. The van der Waals surface area contributed by atoms with Gasteiger partial charge in [0.1, 0.15) is 0 Å². The molecule has 0 N–H and O–H groups in total. The van der Waals surface area contributed by atoms with Crippen LogP contribution in [0.1, 0.15) is 74.5 Å². The van der Waals surface area contributed by atoms with E-state index in [0.717, 1.165) is 12.0 Å². The van der Waals surface area contributed by atoms with Crippen molar-refractivity contribution in [2.45, 2.75) is 57.8 Å². The molecule has 0 spiro atoms. The Hall–Kier alpha value is -2.28. The Bertz CT molecular complexity index is 825. The maximum Gasteiger partial charge on any atom is 0.251 e. The van der Waals surface area contributed by atoms with Crippen molar-refractivity contribution in [3.8, 4) is 11.8 Å². The van der Waals surface area contributed by atoms with Crippen molar-refractivity contribution < 1.29 is 13.2 Å². The van der Waals surface area contributed by atoms with Crippen molar-refractivity contribution in [3.05, 3.63) is 64.7 Å². The molecule has 1 aromatic heterocycles. The molecule has 0 unspecified atom stereocenters. The summed E-state index contributed by atoms with van der Waals surface area (Å²) in [5.74, 6) is 3.04. The summed E-state index contributed by atoms with van der Waals surface area (Å²) < 4.78 is 39.6. The van der Waals surface area contributed by atoms with E-state index in [1.165, 1.54) is 50.5 Å². The summed E-state index contributed by atoms with van der Waals surface area (Å²) >= 11 is 0. The molecule has 0 radical (unpaired) electrons. The number of halogens is 3. The number of pyridine rings is 1. The molecule has 0 bridgehead atoms. The van der Waals surface area contributed by atoms with Crippen LogP contribution in [0.15, 0.2) is 30.3 Å².